The zero-order chi connectivity index (χ0) is 12.4. The van der Waals surface area contributed by atoms with Crippen LogP contribution >= 0.6 is 11.6 Å². The zero-order valence-corrected chi connectivity index (χ0v) is 9.88. The number of nitrogens with one attached hydrogen (secondary N) is 2. The summed E-state index contributed by atoms with van der Waals surface area (Å²) in [5.41, 5.74) is 7.28. The molecule has 88 valence electrons. The first-order valence-corrected chi connectivity index (χ1v) is 5.32. The van der Waals surface area contributed by atoms with Gasteiger partial charge in [-0.25, -0.2) is 0 Å². The number of halogens is 1. The molecule has 2 rings (SSSR count). The van der Waals surface area contributed by atoms with E-state index in [-0.39, 0.29) is 11.7 Å². The monoisotopic (exact) mass is 250 g/mol. The lowest BCUT2D eigenvalue weighted by Gasteiger charge is -2.06. The van der Waals surface area contributed by atoms with Crippen LogP contribution in [0, 0.1) is 6.92 Å². The van der Waals surface area contributed by atoms with Crippen molar-refractivity contribution in [1.29, 1.82) is 0 Å². The van der Waals surface area contributed by atoms with Crippen LogP contribution in [0.2, 0.25) is 5.02 Å². The molecule has 0 aliphatic heterocycles. The fraction of sp³-hybridized carbons (Fsp3) is 0.0909. The standard InChI is InChI=1S/C11H11ClN4O/c1-6-2-3-7(12)8(4-6)14-11(17)9-5-10(13)16-15-9/h2-5H,1H3,(H,14,17)(H3,13,15,16). The lowest BCUT2D eigenvalue weighted by Crippen LogP contribution is -2.12. The molecular formula is C11H11ClN4O. The Hall–Kier alpha value is -2.01. The molecule has 0 unspecified atom stereocenters. The van der Waals surface area contributed by atoms with Crippen molar-refractivity contribution in [3.8, 4) is 0 Å². The van der Waals surface area contributed by atoms with Crippen LogP contribution < -0.4 is 11.1 Å². The highest BCUT2D eigenvalue weighted by Crippen LogP contribution is 2.23. The molecule has 1 amide bonds. The number of carbonyl (C=O) groups is 1. The van der Waals surface area contributed by atoms with Crippen LogP contribution in [0.15, 0.2) is 24.3 Å². The molecule has 0 atom stereocenters. The summed E-state index contributed by atoms with van der Waals surface area (Å²) in [6.07, 6.45) is 0. The highest BCUT2D eigenvalue weighted by atomic mass is 35.5. The Bertz CT molecular complexity index is 564. The smallest absolute Gasteiger partial charge is 0.273 e. The molecule has 0 bridgehead atoms. The van der Waals surface area contributed by atoms with Gasteiger partial charge in [-0.3, -0.25) is 9.89 Å². The summed E-state index contributed by atoms with van der Waals surface area (Å²) in [6, 6.07) is 6.85. The molecule has 1 aromatic carbocycles. The lowest BCUT2D eigenvalue weighted by atomic mass is 10.2. The van der Waals surface area contributed by atoms with Gasteiger partial charge in [0, 0.05) is 6.07 Å². The fourth-order valence-corrected chi connectivity index (χ4v) is 1.54. The Kier molecular flexibility index (Phi) is 3.01. The molecule has 6 heteroatoms. The number of nitrogens with two attached hydrogens (primary N) is 1. The Morgan fingerprint density at radius 3 is 2.88 bits per heavy atom. The van der Waals surface area contributed by atoms with Gasteiger partial charge in [0.2, 0.25) is 0 Å². The quantitative estimate of drug-likeness (QED) is 0.764. The van der Waals surface area contributed by atoms with E-state index in [9.17, 15) is 4.79 Å². The van der Waals surface area contributed by atoms with Gasteiger partial charge in [-0.2, -0.15) is 5.10 Å². The number of aromatic nitrogens is 2. The number of aromatic amines is 1. The number of anilines is 2. The predicted octanol–water partition coefficient (Wildman–Crippen LogP) is 2.21. The summed E-state index contributed by atoms with van der Waals surface area (Å²) in [6.45, 7) is 1.92. The van der Waals surface area contributed by atoms with E-state index >= 15 is 0 Å². The van der Waals surface area contributed by atoms with Gasteiger partial charge in [0.05, 0.1) is 10.7 Å². The van der Waals surface area contributed by atoms with E-state index in [1.807, 2.05) is 13.0 Å². The van der Waals surface area contributed by atoms with Crippen molar-refractivity contribution in [2.45, 2.75) is 6.92 Å². The number of amides is 1. The van der Waals surface area contributed by atoms with E-state index in [2.05, 4.69) is 15.5 Å². The maximum Gasteiger partial charge on any atom is 0.273 e. The molecule has 1 aromatic heterocycles. The summed E-state index contributed by atoms with van der Waals surface area (Å²) in [7, 11) is 0. The van der Waals surface area contributed by atoms with Crippen molar-refractivity contribution in [2.24, 2.45) is 0 Å². The Morgan fingerprint density at radius 2 is 2.24 bits per heavy atom. The van der Waals surface area contributed by atoms with Crippen LogP contribution in [-0.4, -0.2) is 16.1 Å². The predicted molar refractivity (Wildman–Crippen MR) is 67.1 cm³/mol. The molecule has 2 aromatic rings. The molecule has 4 N–H and O–H groups in total. The minimum Gasteiger partial charge on any atom is -0.382 e. The third kappa shape index (κ3) is 2.57. The van der Waals surface area contributed by atoms with Gasteiger partial charge in [-0.1, -0.05) is 17.7 Å². The number of nitrogens with zero attached hydrogens (tertiary/aromatic N) is 1. The van der Waals surface area contributed by atoms with Gasteiger partial charge in [0.15, 0.2) is 0 Å². The van der Waals surface area contributed by atoms with Crippen LogP contribution in [0.1, 0.15) is 16.1 Å². The highest BCUT2D eigenvalue weighted by molar-refractivity contribution is 6.33. The van der Waals surface area contributed by atoms with Crippen molar-refractivity contribution in [3.63, 3.8) is 0 Å². The first-order chi connectivity index (χ1) is 8.06. The molecule has 5 nitrogen and oxygen atoms in total. The van der Waals surface area contributed by atoms with Crippen molar-refractivity contribution in [3.05, 3.63) is 40.5 Å². The summed E-state index contributed by atoms with van der Waals surface area (Å²) in [4.78, 5) is 11.8. The summed E-state index contributed by atoms with van der Waals surface area (Å²) in [5, 5.41) is 9.37. The topological polar surface area (TPSA) is 83.8 Å². The SMILES string of the molecule is Cc1ccc(Cl)c(NC(=O)c2cc(N)n[nH]2)c1. The van der Waals surface area contributed by atoms with E-state index in [4.69, 9.17) is 17.3 Å². The number of rotatable bonds is 2. The molecule has 0 saturated carbocycles. The van der Waals surface area contributed by atoms with Gasteiger partial charge < -0.3 is 11.1 Å². The minimum absolute atomic E-state index is 0.269. The van der Waals surface area contributed by atoms with Crippen LogP contribution in [0.4, 0.5) is 11.5 Å². The maximum atomic E-state index is 11.8. The summed E-state index contributed by atoms with van der Waals surface area (Å²) < 4.78 is 0. The van der Waals surface area contributed by atoms with Gasteiger partial charge in [-0.15, -0.1) is 0 Å². The van der Waals surface area contributed by atoms with E-state index < -0.39 is 0 Å². The van der Waals surface area contributed by atoms with Gasteiger partial charge in [-0.05, 0) is 24.6 Å². The average Bonchev–Trinajstić information content (AvgIpc) is 2.70. The van der Waals surface area contributed by atoms with E-state index in [0.29, 0.717) is 16.4 Å². The second kappa shape index (κ2) is 4.47. The van der Waals surface area contributed by atoms with Crippen LogP contribution in [0.25, 0.3) is 0 Å². The molecule has 1 heterocycles. The number of carbonyl (C=O) groups excluding carboxylic acids is 1. The zero-order valence-electron chi connectivity index (χ0n) is 9.12. The number of benzene rings is 1. The number of H-pyrrole nitrogens is 1. The molecule has 0 aliphatic rings. The number of hydrogen-bond donors (Lipinski definition) is 3. The molecule has 0 spiro atoms. The van der Waals surface area contributed by atoms with Crippen molar-refractivity contribution < 1.29 is 4.79 Å². The third-order valence-corrected chi connectivity index (χ3v) is 2.54. The first kappa shape index (κ1) is 11.5. The summed E-state index contributed by atoms with van der Waals surface area (Å²) >= 11 is 5.97. The minimum atomic E-state index is -0.332. The molecule has 0 fully saturated rings. The maximum absolute atomic E-state index is 11.8. The number of nitrogen functional groups attached to an aromatic ring is 1. The molecular weight excluding hydrogens is 240 g/mol. The van der Waals surface area contributed by atoms with Crippen molar-refractivity contribution in [1.82, 2.24) is 10.2 Å². The van der Waals surface area contributed by atoms with Crippen LogP contribution in [-0.2, 0) is 0 Å². The normalized spacial score (nSPS) is 10.2. The largest absolute Gasteiger partial charge is 0.382 e. The number of aryl methyl sites for hydroxylation is 1. The van der Waals surface area contributed by atoms with Gasteiger partial charge in [0.1, 0.15) is 11.5 Å². The Balaban J connectivity index is 2.21. The second-order valence-corrected chi connectivity index (χ2v) is 4.05. The fourth-order valence-electron chi connectivity index (χ4n) is 1.38. The molecule has 0 aliphatic carbocycles. The van der Waals surface area contributed by atoms with E-state index in [0.717, 1.165) is 5.56 Å². The molecule has 0 saturated heterocycles. The van der Waals surface area contributed by atoms with Crippen molar-refractivity contribution >= 4 is 29.0 Å². The lowest BCUT2D eigenvalue weighted by molar-refractivity contribution is 0.102. The van der Waals surface area contributed by atoms with Crippen molar-refractivity contribution in [2.75, 3.05) is 11.1 Å². The number of hydrogen-bond acceptors (Lipinski definition) is 3. The Morgan fingerprint density at radius 1 is 1.47 bits per heavy atom. The third-order valence-electron chi connectivity index (χ3n) is 2.21. The average molecular weight is 251 g/mol. The second-order valence-electron chi connectivity index (χ2n) is 3.64. The van der Waals surface area contributed by atoms with Gasteiger partial charge in [0.25, 0.3) is 5.91 Å². The first-order valence-electron chi connectivity index (χ1n) is 4.94. The summed E-state index contributed by atoms with van der Waals surface area (Å²) in [5.74, 6) is -0.0628. The van der Waals surface area contributed by atoms with E-state index in [1.54, 1.807) is 12.1 Å². The Labute approximate surface area is 103 Å². The highest BCUT2D eigenvalue weighted by Gasteiger charge is 2.10. The molecule has 17 heavy (non-hydrogen) atoms. The van der Waals surface area contributed by atoms with Crippen LogP contribution in [0.3, 0.4) is 0 Å². The molecule has 0 radical (unpaired) electrons. The van der Waals surface area contributed by atoms with E-state index in [1.165, 1.54) is 6.07 Å². The van der Waals surface area contributed by atoms with Crippen LogP contribution in [0.5, 0.6) is 0 Å². The van der Waals surface area contributed by atoms with Gasteiger partial charge >= 0.3 is 0 Å².